The first-order valence-corrected chi connectivity index (χ1v) is 10.9. The Hall–Kier alpha value is -2.26. The quantitative estimate of drug-likeness (QED) is 0.364. The Kier molecular flexibility index (Phi) is 8.39. The standard InChI is InChI=1S/C26H27Cl2NO/c1-19(29-15-14-21-9-13-25(27)26(28)17-21)16-23-18-24(30-2)12-11-22(23)10-8-20-6-4-3-5-7-20/h3-13,17-19,29H,14-16H2,1-2H3. The van der Waals surface area contributed by atoms with E-state index < -0.39 is 0 Å². The van der Waals surface area contributed by atoms with Crippen LogP contribution in [0.2, 0.25) is 10.0 Å². The third-order valence-corrected chi connectivity index (χ3v) is 5.76. The molecule has 0 saturated heterocycles. The molecular formula is C26H27Cl2NO. The van der Waals surface area contributed by atoms with Crippen molar-refractivity contribution < 1.29 is 4.74 Å². The first kappa shape index (κ1) is 22.4. The lowest BCUT2D eigenvalue weighted by molar-refractivity contribution is 0.414. The summed E-state index contributed by atoms with van der Waals surface area (Å²) in [5, 5.41) is 4.81. The van der Waals surface area contributed by atoms with E-state index in [4.69, 9.17) is 27.9 Å². The molecule has 1 atom stereocenters. The van der Waals surface area contributed by atoms with E-state index in [0.29, 0.717) is 16.1 Å². The molecule has 3 rings (SSSR count). The van der Waals surface area contributed by atoms with Crippen LogP contribution in [0.15, 0.2) is 66.7 Å². The van der Waals surface area contributed by atoms with E-state index in [0.717, 1.165) is 25.1 Å². The van der Waals surface area contributed by atoms with Gasteiger partial charge in [-0.15, -0.1) is 0 Å². The smallest absolute Gasteiger partial charge is 0.119 e. The monoisotopic (exact) mass is 439 g/mol. The summed E-state index contributed by atoms with van der Waals surface area (Å²) < 4.78 is 5.45. The summed E-state index contributed by atoms with van der Waals surface area (Å²) in [6, 6.07) is 22.7. The zero-order chi connectivity index (χ0) is 21.3. The highest BCUT2D eigenvalue weighted by Crippen LogP contribution is 2.23. The van der Waals surface area contributed by atoms with E-state index in [1.165, 1.54) is 22.3 Å². The predicted molar refractivity (Wildman–Crippen MR) is 130 cm³/mol. The van der Waals surface area contributed by atoms with Gasteiger partial charge in [-0.05, 0) is 72.8 Å². The minimum atomic E-state index is 0.323. The Morgan fingerprint density at radius 1 is 0.933 bits per heavy atom. The van der Waals surface area contributed by atoms with Gasteiger partial charge in [-0.3, -0.25) is 0 Å². The van der Waals surface area contributed by atoms with Gasteiger partial charge in [0.15, 0.2) is 0 Å². The summed E-state index contributed by atoms with van der Waals surface area (Å²) in [5.41, 5.74) is 4.83. The number of nitrogens with one attached hydrogen (secondary N) is 1. The number of halogens is 2. The number of rotatable bonds is 9. The van der Waals surface area contributed by atoms with Gasteiger partial charge in [0.05, 0.1) is 17.2 Å². The zero-order valence-electron chi connectivity index (χ0n) is 17.4. The molecule has 3 aromatic carbocycles. The minimum absolute atomic E-state index is 0.323. The maximum absolute atomic E-state index is 6.11. The molecule has 0 radical (unpaired) electrons. The molecule has 0 aromatic heterocycles. The molecular weight excluding hydrogens is 413 g/mol. The molecule has 0 aliphatic heterocycles. The van der Waals surface area contributed by atoms with Crippen LogP contribution in [0.25, 0.3) is 12.2 Å². The molecule has 2 nitrogen and oxygen atoms in total. The normalized spacial score (nSPS) is 12.3. The first-order chi connectivity index (χ1) is 14.5. The largest absolute Gasteiger partial charge is 0.497 e. The van der Waals surface area contributed by atoms with Crippen LogP contribution >= 0.6 is 23.2 Å². The van der Waals surface area contributed by atoms with E-state index in [9.17, 15) is 0 Å². The fourth-order valence-electron chi connectivity index (χ4n) is 3.36. The molecule has 30 heavy (non-hydrogen) atoms. The van der Waals surface area contributed by atoms with Crippen molar-refractivity contribution in [2.45, 2.75) is 25.8 Å². The van der Waals surface area contributed by atoms with Crippen molar-refractivity contribution in [3.63, 3.8) is 0 Å². The lowest BCUT2D eigenvalue weighted by Crippen LogP contribution is -2.30. The third-order valence-electron chi connectivity index (χ3n) is 5.02. The van der Waals surface area contributed by atoms with Gasteiger partial charge in [0, 0.05) is 6.04 Å². The molecule has 4 heteroatoms. The molecule has 0 aliphatic carbocycles. The van der Waals surface area contributed by atoms with Crippen LogP contribution in [0, 0.1) is 0 Å². The van der Waals surface area contributed by atoms with Gasteiger partial charge in [-0.1, -0.05) is 77.8 Å². The van der Waals surface area contributed by atoms with Gasteiger partial charge in [-0.25, -0.2) is 0 Å². The summed E-state index contributed by atoms with van der Waals surface area (Å²) in [5.74, 6) is 0.880. The topological polar surface area (TPSA) is 21.3 Å². The average molecular weight is 440 g/mol. The molecule has 3 aromatic rings. The number of benzene rings is 3. The summed E-state index contributed by atoms with van der Waals surface area (Å²) >= 11 is 12.1. The van der Waals surface area contributed by atoms with E-state index in [2.05, 4.69) is 60.8 Å². The molecule has 0 amide bonds. The van der Waals surface area contributed by atoms with Crippen molar-refractivity contribution in [1.29, 1.82) is 0 Å². The van der Waals surface area contributed by atoms with Crippen molar-refractivity contribution in [3.8, 4) is 5.75 Å². The Balaban J connectivity index is 1.63. The average Bonchev–Trinajstić information content (AvgIpc) is 2.76. The fourth-order valence-corrected chi connectivity index (χ4v) is 3.68. The molecule has 0 aliphatic rings. The van der Waals surface area contributed by atoms with Gasteiger partial charge in [0.2, 0.25) is 0 Å². The Labute approximate surface area is 189 Å². The van der Waals surface area contributed by atoms with Crippen molar-refractivity contribution in [1.82, 2.24) is 5.32 Å². The highest BCUT2D eigenvalue weighted by molar-refractivity contribution is 6.42. The van der Waals surface area contributed by atoms with Gasteiger partial charge in [0.1, 0.15) is 5.75 Å². The summed E-state index contributed by atoms with van der Waals surface area (Å²) in [6.45, 7) is 3.08. The Bertz CT molecular complexity index is 986. The van der Waals surface area contributed by atoms with Gasteiger partial charge in [-0.2, -0.15) is 0 Å². The van der Waals surface area contributed by atoms with Crippen molar-refractivity contribution in [3.05, 3.63) is 99.0 Å². The van der Waals surface area contributed by atoms with Crippen molar-refractivity contribution in [2.75, 3.05) is 13.7 Å². The van der Waals surface area contributed by atoms with Crippen molar-refractivity contribution in [2.24, 2.45) is 0 Å². The Morgan fingerprint density at radius 2 is 1.73 bits per heavy atom. The molecule has 1 N–H and O–H groups in total. The van der Waals surface area contributed by atoms with Crippen LogP contribution < -0.4 is 10.1 Å². The zero-order valence-corrected chi connectivity index (χ0v) is 18.9. The molecule has 1 unspecified atom stereocenters. The second-order valence-corrected chi connectivity index (χ2v) is 8.18. The van der Waals surface area contributed by atoms with Gasteiger partial charge >= 0.3 is 0 Å². The van der Waals surface area contributed by atoms with Crippen molar-refractivity contribution >= 4 is 35.4 Å². The number of hydrogen-bond donors (Lipinski definition) is 1. The van der Waals surface area contributed by atoms with Crippen LogP contribution in [0.4, 0.5) is 0 Å². The summed E-state index contributed by atoms with van der Waals surface area (Å²) in [7, 11) is 1.71. The minimum Gasteiger partial charge on any atom is -0.497 e. The van der Waals surface area contributed by atoms with Crippen LogP contribution in [0.1, 0.15) is 29.2 Å². The van der Waals surface area contributed by atoms with Crippen LogP contribution in [0.5, 0.6) is 5.75 Å². The van der Waals surface area contributed by atoms with Crippen LogP contribution in [0.3, 0.4) is 0 Å². The molecule has 0 spiro atoms. The molecule has 0 fully saturated rings. The Morgan fingerprint density at radius 3 is 2.47 bits per heavy atom. The molecule has 156 valence electrons. The number of hydrogen-bond acceptors (Lipinski definition) is 2. The second kappa shape index (κ2) is 11.2. The second-order valence-electron chi connectivity index (χ2n) is 7.37. The molecule has 0 saturated carbocycles. The number of methoxy groups -OCH3 is 1. The van der Waals surface area contributed by atoms with Gasteiger partial charge in [0.25, 0.3) is 0 Å². The van der Waals surface area contributed by atoms with Crippen LogP contribution in [-0.2, 0) is 12.8 Å². The maximum atomic E-state index is 6.11. The lowest BCUT2D eigenvalue weighted by Gasteiger charge is -2.16. The van der Waals surface area contributed by atoms with E-state index in [1.807, 2.05) is 30.3 Å². The predicted octanol–water partition coefficient (Wildman–Crippen LogP) is 6.94. The molecule has 0 bridgehead atoms. The highest BCUT2D eigenvalue weighted by Gasteiger charge is 2.08. The molecule has 0 heterocycles. The summed E-state index contributed by atoms with van der Waals surface area (Å²) in [6.07, 6.45) is 6.13. The van der Waals surface area contributed by atoms with Gasteiger partial charge < -0.3 is 10.1 Å². The first-order valence-electron chi connectivity index (χ1n) is 10.1. The van der Waals surface area contributed by atoms with Crippen LogP contribution in [-0.4, -0.2) is 19.7 Å². The maximum Gasteiger partial charge on any atom is 0.119 e. The highest BCUT2D eigenvalue weighted by atomic mass is 35.5. The number of ether oxygens (including phenoxy) is 1. The lowest BCUT2D eigenvalue weighted by atomic mass is 9.99. The fraction of sp³-hybridized carbons (Fsp3) is 0.231. The van der Waals surface area contributed by atoms with E-state index in [1.54, 1.807) is 7.11 Å². The summed E-state index contributed by atoms with van der Waals surface area (Å²) in [4.78, 5) is 0. The SMILES string of the molecule is COc1ccc(C=Cc2ccccc2)c(CC(C)NCCc2ccc(Cl)c(Cl)c2)c1. The third kappa shape index (κ3) is 6.63. The van der Waals surface area contributed by atoms with E-state index >= 15 is 0 Å². The van der Waals surface area contributed by atoms with E-state index in [-0.39, 0.29) is 0 Å².